The van der Waals surface area contributed by atoms with Gasteiger partial charge in [0.15, 0.2) is 5.13 Å². The van der Waals surface area contributed by atoms with Crippen molar-refractivity contribution in [3.63, 3.8) is 0 Å². The second-order valence-corrected chi connectivity index (χ2v) is 5.17. The van der Waals surface area contributed by atoms with Gasteiger partial charge in [0.05, 0.1) is 30.2 Å². The predicted molar refractivity (Wildman–Crippen MR) is 78.2 cm³/mol. The van der Waals surface area contributed by atoms with E-state index in [1.54, 1.807) is 20.1 Å². The Morgan fingerprint density at radius 2 is 2.19 bits per heavy atom. The number of hydrogen-bond acceptors (Lipinski definition) is 7. The van der Waals surface area contributed by atoms with Gasteiger partial charge in [-0.15, -0.1) is 0 Å². The molecule has 0 amide bonds. The number of carboxylic acid groups (broad SMARTS) is 1. The minimum Gasteiger partial charge on any atom is -0.544 e. The molecule has 0 aliphatic carbocycles. The molecule has 0 saturated carbocycles. The number of nitrogens with one attached hydrogen (secondary N) is 1. The summed E-state index contributed by atoms with van der Waals surface area (Å²) in [6.45, 7) is 2.57. The average molecular weight is 307 g/mol. The molecule has 7 heteroatoms. The number of thiazole rings is 1. The Kier molecular flexibility index (Phi) is 4.99. The molecule has 2 rings (SSSR count). The van der Waals surface area contributed by atoms with E-state index in [0.717, 1.165) is 17.1 Å². The number of aryl methyl sites for hydroxylation is 1. The number of benzene rings is 1. The highest BCUT2D eigenvalue weighted by Crippen LogP contribution is 2.22. The summed E-state index contributed by atoms with van der Waals surface area (Å²) >= 11 is 1.06. The highest BCUT2D eigenvalue weighted by atomic mass is 32.1. The molecule has 0 spiro atoms. The van der Waals surface area contributed by atoms with Crippen LogP contribution in [0.5, 0.6) is 11.5 Å². The number of carbonyl (C=O) groups is 1. The van der Waals surface area contributed by atoms with Gasteiger partial charge in [0.1, 0.15) is 18.1 Å². The van der Waals surface area contributed by atoms with Gasteiger partial charge in [-0.2, -0.15) is 0 Å². The molecule has 0 radical (unpaired) electrons. The maximum absolute atomic E-state index is 10.8. The number of aromatic carboxylic acids is 1. The number of carboxylic acids is 1. The van der Waals surface area contributed by atoms with Crippen LogP contribution >= 0.6 is 11.3 Å². The van der Waals surface area contributed by atoms with Gasteiger partial charge in [-0.25, -0.2) is 4.98 Å². The minimum absolute atomic E-state index is 0.145. The molecule has 1 aromatic heterocycles. The van der Waals surface area contributed by atoms with Gasteiger partial charge in [-0.3, -0.25) is 0 Å². The first-order valence-electron chi connectivity index (χ1n) is 6.29. The van der Waals surface area contributed by atoms with E-state index in [4.69, 9.17) is 9.47 Å². The lowest BCUT2D eigenvalue weighted by molar-refractivity contribution is -0.254. The SMILES string of the molecule is COc1cccc(OCCNc2nc(C)c(C(=O)[O-])s2)c1. The van der Waals surface area contributed by atoms with Crippen molar-refractivity contribution in [1.82, 2.24) is 4.98 Å². The molecule has 0 aliphatic rings. The lowest BCUT2D eigenvalue weighted by Crippen LogP contribution is -2.21. The molecular formula is C14H15N2O4S-. The van der Waals surface area contributed by atoms with Gasteiger partial charge in [-0.1, -0.05) is 17.4 Å². The molecule has 21 heavy (non-hydrogen) atoms. The van der Waals surface area contributed by atoms with Crippen LogP contribution in [0, 0.1) is 6.92 Å². The van der Waals surface area contributed by atoms with Crippen molar-refractivity contribution < 1.29 is 19.4 Å². The number of ether oxygens (including phenoxy) is 2. The van der Waals surface area contributed by atoms with E-state index in [2.05, 4.69) is 10.3 Å². The molecule has 0 atom stereocenters. The number of rotatable bonds is 7. The molecule has 1 aromatic carbocycles. The fourth-order valence-electron chi connectivity index (χ4n) is 1.68. The van der Waals surface area contributed by atoms with E-state index in [1.807, 2.05) is 18.2 Å². The van der Waals surface area contributed by atoms with E-state index in [9.17, 15) is 9.90 Å². The van der Waals surface area contributed by atoms with Crippen LogP contribution in [0.1, 0.15) is 15.4 Å². The quantitative estimate of drug-likeness (QED) is 0.777. The Morgan fingerprint density at radius 3 is 2.86 bits per heavy atom. The lowest BCUT2D eigenvalue weighted by atomic mass is 10.3. The summed E-state index contributed by atoms with van der Waals surface area (Å²) in [6, 6.07) is 7.31. The molecule has 2 aromatic rings. The van der Waals surface area contributed by atoms with Crippen molar-refractivity contribution in [2.75, 3.05) is 25.6 Å². The first-order valence-corrected chi connectivity index (χ1v) is 7.11. The zero-order chi connectivity index (χ0) is 15.2. The van der Waals surface area contributed by atoms with Crippen molar-refractivity contribution in [3.05, 3.63) is 34.8 Å². The molecule has 0 fully saturated rings. The normalized spacial score (nSPS) is 10.2. The van der Waals surface area contributed by atoms with Crippen molar-refractivity contribution in [2.45, 2.75) is 6.92 Å². The van der Waals surface area contributed by atoms with Crippen molar-refractivity contribution >= 4 is 22.4 Å². The molecular weight excluding hydrogens is 292 g/mol. The van der Waals surface area contributed by atoms with Gasteiger partial charge in [-0.05, 0) is 19.1 Å². The van der Waals surface area contributed by atoms with E-state index in [-0.39, 0.29) is 4.88 Å². The third-order valence-electron chi connectivity index (χ3n) is 2.67. The van der Waals surface area contributed by atoms with Gasteiger partial charge in [0.25, 0.3) is 0 Å². The Bertz CT molecular complexity index is 627. The molecule has 6 nitrogen and oxygen atoms in total. The number of anilines is 1. The van der Waals surface area contributed by atoms with Crippen molar-refractivity contribution in [2.24, 2.45) is 0 Å². The fraction of sp³-hybridized carbons (Fsp3) is 0.286. The molecule has 1 heterocycles. The summed E-state index contributed by atoms with van der Waals surface area (Å²) in [5, 5.41) is 14.4. The molecule has 0 bridgehead atoms. The van der Waals surface area contributed by atoms with E-state index >= 15 is 0 Å². The van der Waals surface area contributed by atoms with Crippen LogP contribution in [0.3, 0.4) is 0 Å². The second kappa shape index (κ2) is 6.94. The van der Waals surface area contributed by atoms with E-state index < -0.39 is 5.97 Å². The minimum atomic E-state index is -1.20. The lowest BCUT2D eigenvalue weighted by Gasteiger charge is -2.08. The van der Waals surface area contributed by atoms with Crippen LogP contribution in [0.2, 0.25) is 0 Å². The number of aromatic nitrogens is 1. The van der Waals surface area contributed by atoms with Crippen LogP contribution in [0.4, 0.5) is 5.13 Å². The van der Waals surface area contributed by atoms with Crippen LogP contribution in [-0.2, 0) is 0 Å². The summed E-state index contributed by atoms with van der Waals surface area (Å²) < 4.78 is 10.7. The predicted octanol–water partition coefficient (Wildman–Crippen LogP) is 1.31. The first kappa shape index (κ1) is 15.1. The van der Waals surface area contributed by atoms with Crippen LogP contribution in [-0.4, -0.2) is 31.2 Å². The standard InChI is InChI=1S/C14H16N2O4S/c1-9-12(13(17)18)21-14(16-9)15-6-7-20-11-5-3-4-10(8-11)19-2/h3-5,8H,6-7H2,1-2H3,(H,15,16)(H,17,18)/p-1. The van der Waals surface area contributed by atoms with E-state index in [1.165, 1.54) is 0 Å². The maximum Gasteiger partial charge on any atom is 0.183 e. The summed E-state index contributed by atoms with van der Waals surface area (Å²) in [7, 11) is 1.60. The number of carbonyl (C=O) groups excluding carboxylic acids is 1. The topological polar surface area (TPSA) is 83.5 Å². The molecule has 0 saturated heterocycles. The summed E-state index contributed by atoms with van der Waals surface area (Å²) in [6.07, 6.45) is 0. The summed E-state index contributed by atoms with van der Waals surface area (Å²) in [5.74, 6) is 0.238. The summed E-state index contributed by atoms with van der Waals surface area (Å²) in [5.41, 5.74) is 0.455. The number of nitrogens with zero attached hydrogens (tertiary/aromatic N) is 1. The highest BCUT2D eigenvalue weighted by Gasteiger charge is 2.07. The third-order valence-corrected chi connectivity index (χ3v) is 3.77. The monoisotopic (exact) mass is 307 g/mol. The third kappa shape index (κ3) is 4.09. The Balaban J connectivity index is 1.81. The van der Waals surface area contributed by atoms with Crippen LogP contribution < -0.4 is 19.9 Å². The number of methoxy groups -OCH3 is 1. The summed E-state index contributed by atoms with van der Waals surface area (Å²) in [4.78, 5) is 15.1. The zero-order valence-electron chi connectivity index (χ0n) is 11.7. The molecule has 1 N–H and O–H groups in total. The smallest absolute Gasteiger partial charge is 0.183 e. The van der Waals surface area contributed by atoms with Crippen molar-refractivity contribution in [3.8, 4) is 11.5 Å². The Labute approximate surface area is 126 Å². The molecule has 0 aliphatic heterocycles. The van der Waals surface area contributed by atoms with Crippen LogP contribution in [0.25, 0.3) is 0 Å². The van der Waals surface area contributed by atoms with E-state index in [0.29, 0.717) is 29.7 Å². The molecule has 112 valence electrons. The van der Waals surface area contributed by atoms with Gasteiger partial charge in [0, 0.05) is 6.07 Å². The van der Waals surface area contributed by atoms with Gasteiger partial charge < -0.3 is 24.7 Å². The van der Waals surface area contributed by atoms with Gasteiger partial charge >= 0.3 is 0 Å². The van der Waals surface area contributed by atoms with Crippen molar-refractivity contribution in [1.29, 1.82) is 0 Å². The zero-order valence-corrected chi connectivity index (χ0v) is 12.5. The van der Waals surface area contributed by atoms with Crippen LogP contribution in [0.15, 0.2) is 24.3 Å². The Hall–Kier alpha value is -2.28. The Morgan fingerprint density at radius 1 is 1.43 bits per heavy atom. The second-order valence-electron chi connectivity index (χ2n) is 4.18. The fourth-order valence-corrected chi connectivity index (χ4v) is 2.51. The highest BCUT2D eigenvalue weighted by molar-refractivity contribution is 7.17. The largest absolute Gasteiger partial charge is 0.544 e. The van der Waals surface area contributed by atoms with Gasteiger partial charge in [0.2, 0.25) is 0 Å². The maximum atomic E-state index is 10.8. The average Bonchev–Trinajstić information content (AvgIpc) is 2.85. The molecule has 0 unspecified atom stereocenters. The number of hydrogen-bond donors (Lipinski definition) is 1. The first-order chi connectivity index (χ1) is 10.1.